The van der Waals surface area contributed by atoms with Crippen molar-refractivity contribution >= 4 is 39.4 Å². The van der Waals surface area contributed by atoms with Crippen LogP contribution in [-0.4, -0.2) is 52.0 Å². The van der Waals surface area contributed by atoms with Crippen molar-refractivity contribution in [2.24, 2.45) is 5.92 Å². The van der Waals surface area contributed by atoms with Crippen LogP contribution < -0.4 is 15.6 Å². The van der Waals surface area contributed by atoms with Gasteiger partial charge >= 0.3 is 0 Å². The summed E-state index contributed by atoms with van der Waals surface area (Å²) in [6.07, 6.45) is 1.40. The van der Waals surface area contributed by atoms with Crippen LogP contribution in [0.2, 0.25) is 0 Å². The molecule has 1 unspecified atom stereocenters. The van der Waals surface area contributed by atoms with E-state index in [2.05, 4.69) is 15.3 Å². The molecule has 1 aliphatic rings. The fraction of sp³-hybridized carbons (Fsp3) is 0.250. The van der Waals surface area contributed by atoms with Gasteiger partial charge in [0.25, 0.3) is 0 Å². The number of rotatable bonds is 7. The summed E-state index contributed by atoms with van der Waals surface area (Å²) >= 11 is 0. The molecule has 3 aromatic carbocycles. The molecule has 0 aliphatic carbocycles. The highest BCUT2D eigenvalue weighted by Gasteiger charge is 2.30. The van der Waals surface area contributed by atoms with Crippen LogP contribution in [0, 0.1) is 23.4 Å². The highest BCUT2D eigenvalue weighted by molar-refractivity contribution is 6.00. The Hall–Kier alpha value is -5.56. The largest absolute Gasteiger partial charge is 0.458 e. The third-order valence-corrected chi connectivity index (χ3v) is 8.56. The summed E-state index contributed by atoms with van der Waals surface area (Å²) in [5.41, 5.74) is 0.592. The zero-order valence-corrected chi connectivity index (χ0v) is 26.8. The summed E-state index contributed by atoms with van der Waals surface area (Å²) in [6.45, 7) is 7.17. The molecule has 6 aromatic rings. The van der Waals surface area contributed by atoms with Crippen LogP contribution in [-0.2, 0) is 9.53 Å². The van der Waals surface area contributed by atoms with Crippen molar-refractivity contribution in [1.82, 2.24) is 19.7 Å². The molecule has 1 amide bonds. The lowest BCUT2D eigenvalue weighted by Gasteiger charge is -2.28. The number of carbonyl (C=O) groups is 1. The minimum atomic E-state index is -0.864. The molecule has 10 nitrogen and oxygen atoms in total. The molecule has 1 atom stereocenters. The molecule has 3 aromatic heterocycles. The lowest BCUT2D eigenvalue weighted by atomic mass is 9.99. The maximum absolute atomic E-state index is 15.5. The number of fused-ring (bicyclic) bond motifs is 2. The average Bonchev–Trinajstić information content (AvgIpc) is 3.49. The number of amides is 1. The maximum Gasteiger partial charge on any atom is 0.227 e. The van der Waals surface area contributed by atoms with Gasteiger partial charge in [0.05, 0.1) is 29.9 Å². The van der Waals surface area contributed by atoms with Gasteiger partial charge in [-0.05, 0) is 48.9 Å². The molecule has 49 heavy (non-hydrogen) atoms. The van der Waals surface area contributed by atoms with E-state index in [0.29, 0.717) is 54.4 Å². The zero-order valence-electron chi connectivity index (χ0n) is 26.8. The Bertz CT molecular complexity index is 2300. The van der Waals surface area contributed by atoms with E-state index in [1.165, 1.54) is 53.5 Å². The summed E-state index contributed by atoms with van der Waals surface area (Å²) in [4.78, 5) is 37.5. The number of nitrogens with one attached hydrogen (secondary N) is 1. The Morgan fingerprint density at radius 3 is 2.41 bits per heavy atom. The van der Waals surface area contributed by atoms with Crippen LogP contribution in [0.1, 0.15) is 32.6 Å². The molecule has 0 saturated carbocycles. The van der Waals surface area contributed by atoms with Crippen LogP contribution in [0.3, 0.4) is 0 Å². The molecule has 1 saturated heterocycles. The second kappa shape index (κ2) is 12.8. The van der Waals surface area contributed by atoms with Crippen LogP contribution in [0.25, 0.3) is 44.4 Å². The summed E-state index contributed by atoms with van der Waals surface area (Å²) in [5, 5.41) is 7.77. The number of halogens is 3. The molecule has 0 radical (unpaired) electrons. The van der Waals surface area contributed by atoms with Crippen molar-refractivity contribution < 1.29 is 27.1 Å². The normalized spacial score (nSPS) is 14.1. The molecule has 0 spiro atoms. The molecule has 4 heterocycles. The fourth-order valence-electron chi connectivity index (χ4n) is 6.02. The van der Waals surface area contributed by atoms with E-state index < -0.39 is 28.9 Å². The monoisotopic (exact) mass is 668 g/mol. The number of hydrogen-bond donors (Lipinski definition) is 1. The Morgan fingerprint density at radius 2 is 1.67 bits per heavy atom. The van der Waals surface area contributed by atoms with Crippen molar-refractivity contribution in [3.63, 3.8) is 0 Å². The van der Waals surface area contributed by atoms with Gasteiger partial charge < -0.3 is 19.4 Å². The van der Waals surface area contributed by atoms with E-state index in [-0.39, 0.29) is 45.4 Å². The molecule has 1 aliphatic heterocycles. The van der Waals surface area contributed by atoms with Gasteiger partial charge in [0.2, 0.25) is 11.3 Å². The first-order chi connectivity index (χ1) is 23.6. The Balaban J connectivity index is 1.46. The summed E-state index contributed by atoms with van der Waals surface area (Å²) in [6, 6.07) is 13.0. The van der Waals surface area contributed by atoms with E-state index in [1.807, 2.05) is 4.90 Å². The van der Waals surface area contributed by atoms with Crippen LogP contribution >= 0.6 is 0 Å². The van der Waals surface area contributed by atoms with E-state index in [0.717, 1.165) is 6.07 Å². The standard InChI is InChI=1S/C36H31F3N6O4/c1-19(2)36(47)42-26-11-10-22(17-25(26)39)31-30-34(44-12-14-48-15-13-44)40-18-41-35(30)45(43-31)20(3)33-28(21-6-4-7-23(37)16-21)32(46)29-24(38)8-5-9-27(29)49-33/h4-11,16-20H,12-15H2,1-3H3,(H,42,47). The van der Waals surface area contributed by atoms with Gasteiger partial charge in [0.15, 0.2) is 5.65 Å². The highest BCUT2D eigenvalue weighted by Crippen LogP contribution is 2.39. The van der Waals surface area contributed by atoms with Gasteiger partial charge in [-0.3, -0.25) is 9.59 Å². The van der Waals surface area contributed by atoms with E-state index in [1.54, 1.807) is 32.9 Å². The molecule has 7 rings (SSSR count). The first kappa shape index (κ1) is 32.0. The lowest BCUT2D eigenvalue weighted by Crippen LogP contribution is -2.36. The van der Waals surface area contributed by atoms with Gasteiger partial charge in [-0.2, -0.15) is 5.10 Å². The quantitative estimate of drug-likeness (QED) is 0.199. The topological polar surface area (TPSA) is 115 Å². The van der Waals surface area contributed by atoms with E-state index >= 15 is 8.78 Å². The minimum Gasteiger partial charge on any atom is -0.458 e. The van der Waals surface area contributed by atoms with Crippen molar-refractivity contribution in [3.8, 4) is 22.4 Å². The number of anilines is 2. The second-order valence-corrected chi connectivity index (χ2v) is 12.1. The van der Waals surface area contributed by atoms with Crippen molar-refractivity contribution in [3.05, 3.63) is 100 Å². The number of morpholine rings is 1. The van der Waals surface area contributed by atoms with Crippen LogP contribution in [0.5, 0.6) is 0 Å². The third-order valence-electron chi connectivity index (χ3n) is 8.56. The molecule has 13 heteroatoms. The van der Waals surface area contributed by atoms with Gasteiger partial charge in [0, 0.05) is 24.6 Å². The summed E-state index contributed by atoms with van der Waals surface area (Å²) in [7, 11) is 0. The number of aromatic nitrogens is 4. The molecule has 1 N–H and O–H groups in total. The van der Waals surface area contributed by atoms with E-state index in [9.17, 15) is 14.0 Å². The molecular weight excluding hydrogens is 637 g/mol. The summed E-state index contributed by atoms with van der Waals surface area (Å²) < 4.78 is 58.4. The SMILES string of the molecule is CC(C)C(=O)Nc1ccc(-c2nn(C(C)c3oc4cccc(F)c4c(=O)c3-c3cccc(F)c3)c3ncnc(N4CCOCC4)c23)cc1F. The number of nitrogens with zero attached hydrogens (tertiary/aromatic N) is 5. The smallest absolute Gasteiger partial charge is 0.227 e. The molecule has 1 fully saturated rings. The zero-order chi connectivity index (χ0) is 34.4. The second-order valence-electron chi connectivity index (χ2n) is 12.1. The lowest BCUT2D eigenvalue weighted by molar-refractivity contribution is -0.118. The first-order valence-corrected chi connectivity index (χ1v) is 15.8. The Labute approximate surface area is 278 Å². The Kier molecular flexibility index (Phi) is 8.37. The number of carbonyl (C=O) groups excluding carboxylic acids is 1. The molecule has 0 bridgehead atoms. The third kappa shape index (κ3) is 5.79. The maximum atomic E-state index is 15.5. The number of ether oxygens (including phenoxy) is 1. The molecule has 250 valence electrons. The van der Waals surface area contributed by atoms with Gasteiger partial charge in [-0.1, -0.05) is 38.1 Å². The number of hydrogen-bond acceptors (Lipinski definition) is 8. The first-order valence-electron chi connectivity index (χ1n) is 15.8. The van der Waals surface area contributed by atoms with Gasteiger partial charge in [-0.25, -0.2) is 27.8 Å². The highest BCUT2D eigenvalue weighted by atomic mass is 19.1. The van der Waals surface area contributed by atoms with Crippen molar-refractivity contribution in [1.29, 1.82) is 0 Å². The van der Waals surface area contributed by atoms with E-state index in [4.69, 9.17) is 14.3 Å². The number of benzene rings is 3. The predicted octanol–water partition coefficient (Wildman–Crippen LogP) is 6.72. The van der Waals surface area contributed by atoms with Gasteiger partial charge in [-0.15, -0.1) is 0 Å². The minimum absolute atomic E-state index is 0.00780. The van der Waals surface area contributed by atoms with Crippen LogP contribution in [0.15, 0.2) is 76.2 Å². The average molecular weight is 669 g/mol. The predicted molar refractivity (Wildman–Crippen MR) is 179 cm³/mol. The Morgan fingerprint density at radius 1 is 0.898 bits per heavy atom. The fourth-order valence-corrected chi connectivity index (χ4v) is 6.02. The molecular formula is C36H31F3N6O4. The van der Waals surface area contributed by atoms with Crippen LogP contribution in [0.4, 0.5) is 24.7 Å². The van der Waals surface area contributed by atoms with Crippen molar-refractivity contribution in [2.45, 2.75) is 26.8 Å². The summed E-state index contributed by atoms with van der Waals surface area (Å²) in [5.74, 6) is -2.06. The van der Waals surface area contributed by atoms with Gasteiger partial charge in [0.1, 0.15) is 58.1 Å². The van der Waals surface area contributed by atoms with Crippen molar-refractivity contribution in [2.75, 3.05) is 36.5 Å².